The van der Waals surface area contributed by atoms with Crippen LogP contribution in [0.25, 0.3) is 0 Å². The van der Waals surface area contributed by atoms with Crippen LogP contribution in [0, 0.1) is 5.82 Å². The van der Waals surface area contributed by atoms with Crippen LogP contribution in [0.5, 0.6) is 0 Å². The second kappa shape index (κ2) is 6.95. The number of benzene rings is 1. The maximum atomic E-state index is 14.2. The third kappa shape index (κ3) is 3.71. The Hall–Kier alpha value is -1.23. The van der Waals surface area contributed by atoms with E-state index in [2.05, 4.69) is 4.72 Å². The Kier molecular flexibility index (Phi) is 5.53. The molecule has 7 nitrogen and oxygen atoms in total. The first kappa shape index (κ1) is 19.1. The van der Waals surface area contributed by atoms with Crippen LogP contribution in [0.2, 0.25) is 0 Å². The summed E-state index contributed by atoms with van der Waals surface area (Å²) in [5.74, 6) is -0.941. The monoisotopic (exact) mass is 379 g/mol. The minimum absolute atomic E-state index is 0.202. The first-order valence-electron chi connectivity index (χ1n) is 7.62. The van der Waals surface area contributed by atoms with Gasteiger partial charge in [0.05, 0.1) is 15.8 Å². The van der Waals surface area contributed by atoms with E-state index in [9.17, 15) is 21.2 Å². The van der Waals surface area contributed by atoms with Crippen molar-refractivity contribution in [3.8, 4) is 0 Å². The summed E-state index contributed by atoms with van der Waals surface area (Å²) in [7, 11) is -7.58. The molecule has 2 rings (SSSR count). The van der Waals surface area contributed by atoms with Crippen LogP contribution in [0.3, 0.4) is 0 Å². The normalized spacial score (nSPS) is 19.8. The molecule has 0 bridgehead atoms. The summed E-state index contributed by atoms with van der Waals surface area (Å²) in [6.45, 7) is 3.46. The SMILES string of the molecule is CC(C)S(=O)(=O)Nc1ccc(S(=O)(=O)N2CCCC2CN)cc1F. The Bertz CT molecular complexity index is 809. The van der Waals surface area contributed by atoms with Crippen LogP contribution in [0.15, 0.2) is 23.1 Å². The van der Waals surface area contributed by atoms with Gasteiger partial charge in [0, 0.05) is 19.1 Å². The molecule has 0 aromatic heterocycles. The average Bonchev–Trinajstić information content (AvgIpc) is 2.98. The summed E-state index contributed by atoms with van der Waals surface area (Å²) in [5, 5.41) is -0.741. The number of nitrogens with one attached hydrogen (secondary N) is 1. The molecule has 1 aliphatic heterocycles. The van der Waals surface area contributed by atoms with Crippen LogP contribution in [-0.2, 0) is 20.0 Å². The van der Waals surface area contributed by atoms with E-state index < -0.39 is 31.1 Å². The molecule has 136 valence electrons. The number of sulfonamides is 2. The molecule has 3 N–H and O–H groups in total. The molecule has 24 heavy (non-hydrogen) atoms. The van der Waals surface area contributed by atoms with Crippen LogP contribution in [-0.4, -0.2) is 45.5 Å². The van der Waals surface area contributed by atoms with E-state index in [1.165, 1.54) is 24.2 Å². The highest BCUT2D eigenvalue weighted by molar-refractivity contribution is 7.93. The van der Waals surface area contributed by atoms with E-state index in [0.29, 0.717) is 19.4 Å². The van der Waals surface area contributed by atoms with Crippen molar-refractivity contribution in [3.63, 3.8) is 0 Å². The molecule has 0 aliphatic carbocycles. The summed E-state index contributed by atoms with van der Waals surface area (Å²) in [6.07, 6.45) is 1.38. The van der Waals surface area contributed by atoms with Crippen molar-refractivity contribution < 1.29 is 21.2 Å². The Morgan fingerprint density at radius 1 is 1.33 bits per heavy atom. The Balaban J connectivity index is 2.32. The lowest BCUT2D eigenvalue weighted by molar-refractivity contribution is 0.393. The highest BCUT2D eigenvalue weighted by Crippen LogP contribution is 2.28. The van der Waals surface area contributed by atoms with Gasteiger partial charge in [-0.3, -0.25) is 4.72 Å². The lowest BCUT2D eigenvalue weighted by Gasteiger charge is -2.23. The molecular formula is C14H22FN3O4S2. The van der Waals surface area contributed by atoms with Crippen molar-refractivity contribution in [1.82, 2.24) is 4.31 Å². The van der Waals surface area contributed by atoms with Crippen LogP contribution in [0.1, 0.15) is 26.7 Å². The fraction of sp³-hybridized carbons (Fsp3) is 0.571. The van der Waals surface area contributed by atoms with Crippen molar-refractivity contribution in [1.29, 1.82) is 0 Å². The molecule has 1 saturated heterocycles. The molecule has 0 radical (unpaired) electrons. The fourth-order valence-electron chi connectivity index (χ4n) is 2.51. The zero-order valence-electron chi connectivity index (χ0n) is 13.6. The lowest BCUT2D eigenvalue weighted by Crippen LogP contribution is -2.39. The quantitative estimate of drug-likeness (QED) is 0.769. The van der Waals surface area contributed by atoms with Crippen molar-refractivity contribution in [3.05, 3.63) is 24.0 Å². The molecule has 1 unspecified atom stereocenters. The van der Waals surface area contributed by atoms with Gasteiger partial charge in [0.25, 0.3) is 0 Å². The number of halogens is 1. The van der Waals surface area contributed by atoms with E-state index in [1.54, 1.807) is 0 Å². The van der Waals surface area contributed by atoms with E-state index in [-0.39, 0.29) is 23.2 Å². The number of hydrogen-bond donors (Lipinski definition) is 2. The minimum atomic E-state index is -3.86. The van der Waals surface area contributed by atoms with Crippen molar-refractivity contribution in [2.45, 2.75) is 42.9 Å². The van der Waals surface area contributed by atoms with Gasteiger partial charge < -0.3 is 5.73 Å². The topological polar surface area (TPSA) is 110 Å². The third-order valence-corrected chi connectivity index (χ3v) is 7.71. The van der Waals surface area contributed by atoms with Gasteiger partial charge in [-0.05, 0) is 44.9 Å². The molecule has 0 amide bonds. The van der Waals surface area contributed by atoms with Gasteiger partial charge in [-0.15, -0.1) is 0 Å². The summed E-state index contributed by atoms with van der Waals surface area (Å²) in [6, 6.07) is 2.86. The second-order valence-corrected chi connectivity index (χ2v) is 10.1. The fourth-order valence-corrected chi connectivity index (χ4v) is 4.93. The molecule has 1 heterocycles. The van der Waals surface area contributed by atoms with Gasteiger partial charge in [0.15, 0.2) is 0 Å². The molecule has 1 aromatic carbocycles. The number of nitrogens with zero attached hydrogens (tertiary/aromatic N) is 1. The number of anilines is 1. The summed E-state index contributed by atoms with van der Waals surface area (Å²) in [5.41, 5.74) is 5.32. The first-order chi connectivity index (χ1) is 11.1. The van der Waals surface area contributed by atoms with Crippen molar-refractivity contribution in [2.75, 3.05) is 17.8 Å². The molecule has 1 fully saturated rings. The summed E-state index contributed by atoms with van der Waals surface area (Å²) in [4.78, 5) is -0.215. The Labute approximate surface area is 142 Å². The van der Waals surface area contributed by atoms with Crippen molar-refractivity contribution in [2.24, 2.45) is 5.73 Å². The smallest absolute Gasteiger partial charge is 0.243 e. The number of nitrogens with two attached hydrogens (primary N) is 1. The Morgan fingerprint density at radius 3 is 2.54 bits per heavy atom. The maximum Gasteiger partial charge on any atom is 0.243 e. The molecule has 0 spiro atoms. The molecule has 1 aromatic rings. The van der Waals surface area contributed by atoms with Gasteiger partial charge in [-0.25, -0.2) is 21.2 Å². The second-order valence-electron chi connectivity index (χ2n) is 5.98. The standard InChI is InChI=1S/C14H22FN3O4S2/c1-10(2)23(19,20)17-14-6-5-12(8-13(14)15)24(21,22)18-7-3-4-11(18)9-16/h5-6,8,10-11,17H,3-4,7,9,16H2,1-2H3. The molecule has 1 aliphatic rings. The Morgan fingerprint density at radius 2 is 2.00 bits per heavy atom. The summed E-state index contributed by atoms with van der Waals surface area (Å²) >= 11 is 0. The molecule has 1 atom stereocenters. The largest absolute Gasteiger partial charge is 0.329 e. The predicted octanol–water partition coefficient (Wildman–Crippen LogP) is 1.09. The predicted molar refractivity (Wildman–Crippen MR) is 90.0 cm³/mol. The molecule has 10 heteroatoms. The van der Waals surface area contributed by atoms with E-state index in [0.717, 1.165) is 12.1 Å². The van der Waals surface area contributed by atoms with Crippen LogP contribution < -0.4 is 10.5 Å². The highest BCUT2D eigenvalue weighted by atomic mass is 32.2. The lowest BCUT2D eigenvalue weighted by atomic mass is 10.2. The van der Waals surface area contributed by atoms with Crippen molar-refractivity contribution >= 4 is 25.7 Å². The van der Waals surface area contributed by atoms with Crippen LogP contribution in [0.4, 0.5) is 10.1 Å². The van der Waals surface area contributed by atoms with E-state index in [1.807, 2.05) is 0 Å². The van der Waals surface area contributed by atoms with Gasteiger partial charge in [0.1, 0.15) is 5.82 Å². The number of hydrogen-bond acceptors (Lipinski definition) is 5. The van der Waals surface area contributed by atoms with Gasteiger partial charge in [0.2, 0.25) is 20.0 Å². The molecular weight excluding hydrogens is 357 g/mol. The van der Waals surface area contributed by atoms with Gasteiger partial charge >= 0.3 is 0 Å². The van der Waals surface area contributed by atoms with Gasteiger partial charge in [-0.1, -0.05) is 0 Å². The zero-order chi connectivity index (χ0) is 18.1. The van der Waals surface area contributed by atoms with Crippen LogP contribution >= 0.6 is 0 Å². The zero-order valence-corrected chi connectivity index (χ0v) is 15.2. The third-order valence-electron chi connectivity index (χ3n) is 4.02. The molecule has 0 saturated carbocycles. The van der Waals surface area contributed by atoms with E-state index >= 15 is 0 Å². The first-order valence-corrected chi connectivity index (χ1v) is 10.6. The van der Waals surface area contributed by atoms with E-state index in [4.69, 9.17) is 5.73 Å². The van der Waals surface area contributed by atoms with Gasteiger partial charge in [-0.2, -0.15) is 4.31 Å². The average molecular weight is 379 g/mol. The highest BCUT2D eigenvalue weighted by Gasteiger charge is 2.34. The summed E-state index contributed by atoms with van der Waals surface area (Å²) < 4.78 is 66.5. The maximum absolute atomic E-state index is 14.2. The minimum Gasteiger partial charge on any atom is -0.329 e. The number of rotatable bonds is 6.